The minimum absolute atomic E-state index is 0.000747. The molecule has 17 heteroatoms. The molecule has 0 radical (unpaired) electrons. The average Bonchev–Trinajstić information content (AvgIpc) is 3.56. The highest BCUT2D eigenvalue weighted by Gasteiger charge is 2.36. The van der Waals surface area contributed by atoms with Gasteiger partial charge in [-0.3, -0.25) is 23.6 Å². The Bertz CT molecular complexity index is 1980. The van der Waals surface area contributed by atoms with Crippen LogP contribution in [0.5, 0.6) is 0 Å². The molecule has 0 unspecified atom stereocenters. The zero-order valence-corrected chi connectivity index (χ0v) is 27.9. The Labute approximate surface area is 292 Å². The third-order valence-electron chi connectivity index (χ3n) is 8.93. The molecule has 0 amide bonds. The van der Waals surface area contributed by atoms with E-state index in [1.54, 1.807) is 40.1 Å². The second-order valence-corrected chi connectivity index (χ2v) is 12.4. The summed E-state index contributed by atoms with van der Waals surface area (Å²) in [5.41, 5.74) is -3.14. The Morgan fingerprint density at radius 2 is 1.58 bits per heavy atom. The molecule has 2 aromatic carbocycles. The number of benzene rings is 2. The first-order valence-electron chi connectivity index (χ1n) is 16.4. The lowest BCUT2D eigenvalue weighted by Crippen LogP contribution is -2.51. The molecular weight excluding hydrogens is 703 g/mol. The molecule has 0 bridgehead atoms. The lowest BCUT2D eigenvalue weighted by atomic mass is 10.1. The number of hydrogen-bond donors (Lipinski definition) is 2. The molecule has 1 aliphatic rings. The summed E-state index contributed by atoms with van der Waals surface area (Å²) in [6, 6.07) is 12.5. The molecular formula is C35H36F7N5O5. The van der Waals surface area contributed by atoms with Gasteiger partial charge in [-0.25, -0.2) is 9.18 Å². The zero-order valence-electron chi connectivity index (χ0n) is 27.9. The minimum Gasteiger partial charge on any atom is -0.481 e. The van der Waals surface area contributed by atoms with Crippen LogP contribution in [0.15, 0.2) is 74.7 Å². The summed E-state index contributed by atoms with van der Waals surface area (Å²) in [7, 11) is 0. The van der Waals surface area contributed by atoms with Crippen molar-refractivity contribution in [3.05, 3.63) is 121 Å². The van der Waals surface area contributed by atoms with Gasteiger partial charge < -0.3 is 19.7 Å². The number of carboxylic acid groups (broad SMARTS) is 1. The summed E-state index contributed by atoms with van der Waals surface area (Å²) in [5, 5.41) is 12.3. The maximum Gasteiger partial charge on any atom is 0.449 e. The van der Waals surface area contributed by atoms with Gasteiger partial charge in [-0.2, -0.15) is 26.3 Å². The summed E-state index contributed by atoms with van der Waals surface area (Å²) in [4.78, 5) is 43.0. The highest BCUT2D eigenvalue weighted by Crippen LogP contribution is 2.34. The van der Waals surface area contributed by atoms with Crippen LogP contribution in [0, 0.1) is 12.7 Å². The molecule has 0 saturated carbocycles. The van der Waals surface area contributed by atoms with Crippen molar-refractivity contribution in [3.63, 3.8) is 0 Å². The maximum absolute atomic E-state index is 15.1. The van der Waals surface area contributed by atoms with Crippen LogP contribution in [0.25, 0.3) is 0 Å². The van der Waals surface area contributed by atoms with E-state index < -0.39 is 64.9 Å². The number of halogens is 7. The largest absolute Gasteiger partial charge is 0.481 e. The van der Waals surface area contributed by atoms with Crippen LogP contribution in [0.2, 0.25) is 0 Å². The van der Waals surface area contributed by atoms with Gasteiger partial charge >= 0.3 is 24.0 Å². The SMILES string of the molecule is Cc1c(N2CCN(Cc3ccc(C(F)(F)F)o3)CC2)c(=O)n(C[C@H](NCCCC(=O)O)c2ccccc2)c(=O)n1Cc1c(F)cccc1C(F)(F)F. The van der Waals surface area contributed by atoms with E-state index in [1.165, 1.54) is 13.0 Å². The number of hydrogen-bond acceptors (Lipinski definition) is 7. The number of nitrogens with zero attached hydrogens (tertiary/aromatic N) is 4. The van der Waals surface area contributed by atoms with E-state index in [4.69, 9.17) is 9.52 Å². The van der Waals surface area contributed by atoms with Crippen LogP contribution in [-0.4, -0.2) is 57.8 Å². The zero-order chi connectivity index (χ0) is 37.8. The van der Waals surface area contributed by atoms with Crippen LogP contribution in [0.3, 0.4) is 0 Å². The average molecular weight is 740 g/mol. The first-order chi connectivity index (χ1) is 24.5. The van der Waals surface area contributed by atoms with Crippen molar-refractivity contribution in [2.24, 2.45) is 0 Å². The third-order valence-corrected chi connectivity index (χ3v) is 8.93. The fourth-order valence-electron chi connectivity index (χ4n) is 6.28. The standard InChI is InChI=1S/C35H36F7N5O5/c1-22-31(45-17-15-44(16-18-45)19-24-12-13-29(52-24)35(40,41)42)32(50)47(21-28(23-7-3-2-4-8-23)43-14-6-11-30(48)49)33(51)46(22)20-25-26(34(37,38)39)9-5-10-27(25)36/h2-5,7-10,12-13,28,43H,6,11,14-21H2,1H3,(H,48,49)/t28-/m0/s1. The van der Waals surface area contributed by atoms with E-state index >= 15 is 4.39 Å². The first kappa shape index (κ1) is 38.3. The molecule has 52 heavy (non-hydrogen) atoms. The Hall–Kier alpha value is -4.90. The van der Waals surface area contributed by atoms with Gasteiger partial charge in [0.2, 0.25) is 5.76 Å². The monoisotopic (exact) mass is 739 g/mol. The number of carbonyl (C=O) groups is 1. The minimum atomic E-state index is -4.95. The van der Waals surface area contributed by atoms with E-state index in [0.29, 0.717) is 11.6 Å². The van der Waals surface area contributed by atoms with Gasteiger partial charge in [-0.05, 0) is 49.7 Å². The second kappa shape index (κ2) is 15.8. The van der Waals surface area contributed by atoms with Crippen molar-refractivity contribution in [1.29, 1.82) is 0 Å². The number of rotatable bonds is 13. The lowest BCUT2D eigenvalue weighted by molar-refractivity contribution is -0.153. The molecule has 2 aromatic heterocycles. The molecule has 0 spiro atoms. The molecule has 10 nitrogen and oxygen atoms in total. The Kier molecular flexibility index (Phi) is 11.6. The topological polar surface area (TPSA) is 113 Å². The number of carboxylic acids is 1. The molecule has 1 saturated heterocycles. The van der Waals surface area contributed by atoms with Crippen molar-refractivity contribution in [2.45, 2.75) is 57.8 Å². The summed E-state index contributed by atoms with van der Waals surface area (Å²) < 4.78 is 103. The molecule has 1 aliphatic heterocycles. The molecule has 5 rings (SSSR count). The van der Waals surface area contributed by atoms with E-state index in [9.17, 15) is 40.7 Å². The van der Waals surface area contributed by atoms with Gasteiger partial charge in [-0.15, -0.1) is 0 Å². The summed E-state index contributed by atoms with van der Waals surface area (Å²) in [5.74, 6) is -3.25. The van der Waals surface area contributed by atoms with Gasteiger partial charge in [0.25, 0.3) is 5.56 Å². The molecule has 0 aliphatic carbocycles. The molecule has 280 valence electrons. The number of furan rings is 1. The van der Waals surface area contributed by atoms with Crippen LogP contribution in [-0.2, 0) is 36.8 Å². The van der Waals surface area contributed by atoms with E-state index in [-0.39, 0.29) is 75.8 Å². The van der Waals surface area contributed by atoms with Crippen molar-refractivity contribution < 1.29 is 45.1 Å². The number of anilines is 1. The smallest absolute Gasteiger partial charge is 0.449 e. The first-order valence-corrected chi connectivity index (χ1v) is 16.4. The van der Waals surface area contributed by atoms with Gasteiger partial charge in [0.1, 0.15) is 17.3 Å². The van der Waals surface area contributed by atoms with E-state index in [1.807, 2.05) is 0 Å². The Morgan fingerprint density at radius 3 is 2.19 bits per heavy atom. The highest BCUT2D eigenvalue weighted by molar-refractivity contribution is 5.66. The van der Waals surface area contributed by atoms with Crippen molar-refractivity contribution in [3.8, 4) is 0 Å². The Morgan fingerprint density at radius 1 is 0.885 bits per heavy atom. The van der Waals surface area contributed by atoms with Gasteiger partial charge in [0.15, 0.2) is 0 Å². The van der Waals surface area contributed by atoms with E-state index in [2.05, 4.69) is 5.32 Å². The van der Waals surface area contributed by atoms with Gasteiger partial charge in [0.05, 0.1) is 31.2 Å². The molecule has 2 N–H and O–H groups in total. The number of aromatic nitrogens is 2. The summed E-state index contributed by atoms with van der Waals surface area (Å²) in [6.45, 7) is 1.31. The quantitative estimate of drug-likeness (QED) is 0.134. The number of aliphatic carboxylic acids is 1. The van der Waals surface area contributed by atoms with Crippen molar-refractivity contribution in [2.75, 3.05) is 37.6 Å². The molecule has 3 heterocycles. The highest BCUT2D eigenvalue weighted by atomic mass is 19.4. The third kappa shape index (κ3) is 8.93. The van der Waals surface area contributed by atoms with Crippen LogP contribution in [0.4, 0.5) is 36.4 Å². The molecule has 1 atom stereocenters. The number of piperazine rings is 1. The fraction of sp³-hybridized carbons (Fsp3) is 0.400. The fourth-order valence-corrected chi connectivity index (χ4v) is 6.28. The van der Waals surface area contributed by atoms with Gasteiger partial charge in [0, 0.05) is 43.9 Å². The predicted octanol–water partition coefficient (Wildman–Crippen LogP) is 5.65. The maximum atomic E-state index is 15.1. The predicted molar refractivity (Wildman–Crippen MR) is 175 cm³/mol. The normalized spacial score (nSPS) is 14.9. The second-order valence-electron chi connectivity index (χ2n) is 12.4. The summed E-state index contributed by atoms with van der Waals surface area (Å²) >= 11 is 0. The van der Waals surface area contributed by atoms with Crippen LogP contribution in [0.1, 0.15) is 52.8 Å². The number of alkyl halides is 6. The lowest BCUT2D eigenvalue weighted by Gasteiger charge is -2.36. The van der Waals surface area contributed by atoms with Gasteiger partial charge in [-0.1, -0.05) is 36.4 Å². The molecule has 1 fully saturated rings. The molecule has 4 aromatic rings. The van der Waals surface area contributed by atoms with E-state index in [0.717, 1.165) is 27.3 Å². The summed E-state index contributed by atoms with van der Waals surface area (Å²) in [6.07, 6.45) is -9.51. The Balaban J connectivity index is 1.53. The van der Waals surface area contributed by atoms with Crippen LogP contribution < -0.4 is 21.5 Å². The van der Waals surface area contributed by atoms with Crippen molar-refractivity contribution >= 4 is 11.7 Å². The van der Waals surface area contributed by atoms with Crippen LogP contribution >= 0.6 is 0 Å². The van der Waals surface area contributed by atoms with Crippen molar-refractivity contribution in [1.82, 2.24) is 19.4 Å². The number of nitrogens with one attached hydrogen (secondary N) is 1.